The number of rotatable bonds is 8. The fourth-order valence-electron chi connectivity index (χ4n) is 3.36. The predicted octanol–water partition coefficient (Wildman–Crippen LogP) is 3.55. The third kappa shape index (κ3) is 5.48. The van der Waals surface area contributed by atoms with Crippen LogP contribution in [0.25, 0.3) is 11.4 Å². The number of nitrogens with zero attached hydrogens (tertiary/aromatic N) is 2. The first-order valence-electron chi connectivity index (χ1n) is 10.4. The Bertz CT molecular complexity index is 1170. The van der Waals surface area contributed by atoms with E-state index in [9.17, 15) is 14.0 Å². The van der Waals surface area contributed by atoms with E-state index in [1.165, 1.54) is 24.3 Å². The SMILES string of the molecule is O=C(NCCNC(=O)C(c1ccccc1)c1ccccc1)c1nc(-c2ccc(F)cc2)no1. The van der Waals surface area contributed by atoms with Crippen molar-refractivity contribution in [2.24, 2.45) is 0 Å². The molecule has 0 aliphatic rings. The highest BCUT2D eigenvalue weighted by molar-refractivity contribution is 5.90. The Kier molecular flexibility index (Phi) is 6.84. The normalized spacial score (nSPS) is 10.7. The van der Waals surface area contributed by atoms with Gasteiger partial charge in [-0.2, -0.15) is 4.98 Å². The molecule has 0 unspecified atom stereocenters. The Morgan fingerprint density at radius 3 is 2.00 bits per heavy atom. The van der Waals surface area contributed by atoms with E-state index in [1.54, 1.807) is 0 Å². The highest BCUT2D eigenvalue weighted by Crippen LogP contribution is 2.24. The van der Waals surface area contributed by atoms with E-state index in [2.05, 4.69) is 20.8 Å². The van der Waals surface area contributed by atoms with Crippen LogP contribution in [0.2, 0.25) is 0 Å². The number of hydrogen-bond donors (Lipinski definition) is 2. The minimum absolute atomic E-state index is 0.168. The number of benzene rings is 3. The molecule has 0 bridgehead atoms. The van der Waals surface area contributed by atoms with Crippen LogP contribution in [0.1, 0.15) is 27.7 Å². The van der Waals surface area contributed by atoms with Gasteiger partial charge in [0, 0.05) is 18.7 Å². The van der Waals surface area contributed by atoms with Gasteiger partial charge in [0.25, 0.3) is 0 Å². The summed E-state index contributed by atoms with van der Waals surface area (Å²) >= 11 is 0. The molecule has 1 aromatic heterocycles. The lowest BCUT2D eigenvalue weighted by atomic mass is 9.90. The van der Waals surface area contributed by atoms with Crippen molar-refractivity contribution in [3.05, 3.63) is 108 Å². The maximum atomic E-state index is 13.1. The summed E-state index contributed by atoms with van der Waals surface area (Å²) in [6.07, 6.45) is 0. The number of carbonyl (C=O) groups excluding carboxylic acids is 2. The van der Waals surface area contributed by atoms with Crippen molar-refractivity contribution in [2.45, 2.75) is 5.92 Å². The fraction of sp³-hybridized carbons (Fsp3) is 0.120. The van der Waals surface area contributed by atoms with Gasteiger partial charge in [0.2, 0.25) is 11.7 Å². The first-order valence-corrected chi connectivity index (χ1v) is 10.4. The molecule has 0 saturated carbocycles. The highest BCUT2D eigenvalue weighted by Gasteiger charge is 2.22. The number of nitrogens with one attached hydrogen (secondary N) is 2. The van der Waals surface area contributed by atoms with Crippen molar-refractivity contribution >= 4 is 11.8 Å². The van der Waals surface area contributed by atoms with Crippen LogP contribution in [0.4, 0.5) is 4.39 Å². The zero-order valence-electron chi connectivity index (χ0n) is 17.6. The van der Waals surface area contributed by atoms with Gasteiger partial charge in [-0.05, 0) is 35.4 Å². The van der Waals surface area contributed by atoms with Gasteiger partial charge in [-0.25, -0.2) is 4.39 Å². The van der Waals surface area contributed by atoms with Crippen LogP contribution >= 0.6 is 0 Å². The first kappa shape index (κ1) is 21.9. The fourth-order valence-corrected chi connectivity index (χ4v) is 3.36. The summed E-state index contributed by atoms with van der Waals surface area (Å²) in [6, 6.07) is 24.5. The predicted molar refractivity (Wildman–Crippen MR) is 120 cm³/mol. The van der Waals surface area contributed by atoms with E-state index < -0.39 is 11.8 Å². The molecular formula is C25H21FN4O3. The summed E-state index contributed by atoms with van der Waals surface area (Å²) in [4.78, 5) is 29.3. The Balaban J connectivity index is 1.33. The number of hydrogen-bond acceptors (Lipinski definition) is 5. The zero-order chi connectivity index (χ0) is 23.0. The molecular weight excluding hydrogens is 423 g/mol. The van der Waals surface area contributed by atoms with Crippen LogP contribution in [0.5, 0.6) is 0 Å². The van der Waals surface area contributed by atoms with Gasteiger partial charge >= 0.3 is 11.8 Å². The average molecular weight is 444 g/mol. The number of carbonyl (C=O) groups is 2. The summed E-state index contributed by atoms with van der Waals surface area (Å²) < 4.78 is 18.0. The van der Waals surface area contributed by atoms with E-state index >= 15 is 0 Å². The van der Waals surface area contributed by atoms with Gasteiger partial charge in [0.1, 0.15) is 5.82 Å². The summed E-state index contributed by atoms with van der Waals surface area (Å²) in [6.45, 7) is 0.398. The minimum Gasteiger partial charge on any atom is -0.354 e. The van der Waals surface area contributed by atoms with Crippen LogP contribution in [0.15, 0.2) is 89.5 Å². The van der Waals surface area contributed by atoms with Gasteiger partial charge in [-0.15, -0.1) is 0 Å². The van der Waals surface area contributed by atoms with E-state index in [1.807, 2.05) is 60.7 Å². The Morgan fingerprint density at radius 1 is 0.818 bits per heavy atom. The lowest BCUT2D eigenvalue weighted by Gasteiger charge is -2.18. The second kappa shape index (κ2) is 10.3. The number of aromatic nitrogens is 2. The number of halogens is 1. The first-order chi connectivity index (χ1) is 16.1. The van der Waals surface area contributed by atoms with Crippen LogP contribution < -0.4 is 10.6 Å². The van der Waals surface area contributed by atoms with Crippen molar-refractivity contribution in [1.29, 1.82) is 0 Å². The zero-order valence-corrected chi connectivity index (χ0v) is 17.6. The van der Waals surface area contributed by atoms with Crippen molar-refractivity contribution < 1.29 is 18.5 Å². The molecule has 0 aliphatic heterocycles. The molecule has 0 fully saturated rings. The van der Waals surface area contributed by atoms with Crippen LogP contribution in [0, 0.1) is 5.82 Å². The van der Waals surface area contributed by atoms with E-state index in [4.69, 9.17) is 4.52 Å². The second-order valence-corrected chi connectivity index (χ2v) is 7.23. The molecule has 2 N–H and O–H groups in total. The van der Waals surface area contributed by atoms with Gasteiger partial charge in [0.05, 0.1) is 5.92 Å². The Hall–Kier alpha value is -4.33. The molecule has 0 saturated heterocycles. The van der Waals surface area contributed by atoms with Gasteiger partial charge in [-0.1, -0.05) is 65.8 Å². The van der Waals surface area contributed by atoms with Crippen LogP contribution in [0.3, 0.4) is 0 Å². The molecule has 4 rings (SSSR count). The van der Waals surface area contributed by atoms with Crippen molar-refractivity contribution in [1.82, 2.24) is 20.8 Å². The van der Waals surface area contributed by atoms with Gasteiger partial charge < -0.3 is 15.2 Å². The topological polar surface area (TPSA) is 97.1 Å². The quantitative estimate of drug-likeness (QED) is 0.405. The van der Waals surface area contributed by atoms with E-state index in [0.29, 0.717) is 5.56 Å². The molecule has 2 amide bonds. The summed E-state index contributed by atoms with van der Waals surface area (Å²) in [7, 11) is 0. The maximum absolute atomic E-state index is 13.1. The molecule has 0 atom stereocenters. The average Bonchev–Trinajstić information content (AvgIpc) is 3.34. The van der Waals surface area contributed by atoms with Crippen LogP contribution in [-0.4, -0.2) is 35.0 Å². The third-order valence-corrected chi connectivity index (χ3v) is 4.96. The third-order valence-electron chi connectivity index (χ3n) is 4.96. The second-order valence-electron chi connectivity index (χ2n) is 7.23. The largest absolute Gasteiger partial charge is 0.354 e. The number of amides is 2. The molecule has 8 heteroatoms. The Morgan fingerprint density at radius 2 is 1.39 bits per heavy atom. The smallest absolute Gasteiger partial charge is 0.316 e. The molecule has 1 heterocycles. The monoisotopic (exact) mass is 444 g/mol. The van der Waals surface area contributed by atoms with E-state index in [-0.39, 0.29) is 36.5 Å². The highest BCUT2D eigenvalue weighted by atomic mass is 19.1. The van der Waals surface area contributed by atoms with Gasteiger partial charge in [-0.3, -0.25) is 9.59 Å². The molecule has 166 valence electrons. The van der Waals surface area contributed by atoms with E-state index in [0.717, 1.165) is 11.1 Å². The van der Waals surface area contributed by atoms with Crippen molar-refractivity contribution in [3.8, 4) is 11.4 Å². The molecule has 3 aromatic carbocycles. The molecule has 7 nitrogen and oxygen atoms in total. The van der Waals surface area contributed by atoms with Crippen molar-refractivity contribution in [3.63, 3.8) is 0 Å². The van der Waals surface area contributed by atoms with Gasteiger partial charge in [0.15, 0.2) is 0 Å². The summed E-state index contributed by atoms with van der Waals surface area (Å²) in [5.74, 6) is -1.61. The molecule has 0 spiro atoms. The lowest BCUT2D eigenvalue weighted by Crippen LogP contribution is -2.37. The van der Waals surface area contributed by atoms with Crippen LogP contribution in [-0.2, 0) is 4.79 Å². The molecule has 33 heavy (non-hydrogen) atoms. The maximum Gasteiger partial charge on any atom is 0.316 e. The summed E-state index contributed by atoms with van der Waals surface area (Å²) in [5, 5.41) is 9.25. The molecule has 0 radical (unpaired) electrons. The van der Waals surface area contributed by atoms with Crippen molar-refractivity contribution in [2.75, 3.05) is 13.1 Å². The molecule has 0 aliphatic carbocycles. The summed E-state index contributed by atoms with van der Waals surface area (Å²) in [5.41, 5.74) is 2.29. The Labute approximate surface area is 189 Å². The minimum atomic E-state index is -0.562. The molecule has 4 aromatic rings. The standard InChI is InChI=1S/C25H21FN4O3/c26-20-13-11-19(12-14-20)22-29-25(33-30-22)24(32)28-16-15-27-23(31)21(17-7-3-1-4-8-17)18-9-5-2-6-10-18/h1-14,21H,15-16H2,(H,27,31)(H,28,32). The lowest BCUT2D eigenvalue weighted by molar-refractivity contribution is -0.121.